The van der Waals surface area contributed by atoms with Gasteiger partial charge in [-0.2, -0.15) is 74.6 Å². The highest BCUT2D eigenvalue weighted by molar-refractivity contribution is 5.29. The maximum absolute atomic E-state index is 14.5. The average Bonchev–Trinajstić information content (AvgIpc) is 2.95. The van der Waals surface area contributed by atoms with Crippen LogP contribution in [0.25, 0.3) is 0 Å². The van der Waals surface area contributed by atoms with Crippen molar-refractivity contribution in [3.8, 4) is 0 Å². The highest BCUT2D eigenvalue weighted by Crippen LogP contribution is 2.65. The zero-order chi connectivity index (χ0) is 35.6. The molecule has 0 radical (unpaired) electrons. The maximum Gasteiger partial charge on any atom is 0.460 e. The third-order valence-electron chi connectivity index (χ3n) is 8.56. The monoisotopic (exact) mass is 704 g/mol. The van der Waals surface area contributed by atoms with Crippen LogP contribution in [-0.2, 0) is 12.3 Å². The van der Waals surface area contributed by atoms with E-state index < -0.39 is 53.2 Å². The van der Waals surface area contributed by atoms with Gasteiger partial charge in [-0.15, -0.1) is 0 Å². The Kier molecular flexibility index (Phi) is 12.1. The van der Waals surface area contributed by atoms with Crippen molar-refractivity contribution >= 4 is 0 Å². The van der Waals surface area contributed by atoms with Crippen LogP contribution in [-0.4, -0.2) is 41.7 Å². The van der Waals surface area contributed by atoms with Gasteiger partial charge in [-0.3, -0.25) is 0 Å². The molecule has 0 N–H and O–H groups in total. The molecule has 0 unspecified atom stereocenters. The van der Waals surface area contributed by atoms with E-state index in [1.807, 2.05) is 0 Å². The van der Waals surface area contributed by atoms with Gasteiger partial charge < -0.3 is 0 Å². The summed E-state index contributed by atoms with van der Waals surface area (Å²) in [5, 5.41) is 0. The number of halogens is 17. The molecule has 1 aliphatic carbocycles. The van der Waals surface area contributed by atoms with Crippen LogP contribution in [0.3, 0.4) is 0 Å². The predicted molar refractivity (Wildman–Crippen MR) is 133 cm³/mol. The number of unbranched alkanes of at least 4 members (excludes halogenated alkanes) is 4. The van der Waals surface area contributed by atoms with Crippen molar-refractivity contribution in [2.75, 3.05) is 0 Å². The standard InChI is InChI=1S/C29H33F17/c1-2-3-4-5-6-7-18-8-10-19(11-9-18)12-13-20-14-16-21(17-15-20)22(30,31)23(32,33)24(34,35)25(36,37)26(38,39)27(40,41)28(42,43)29(44,45)46/h14-19H,2-13H2,1H3/t18-,19-. The largest absolute Gasteiger partial charge is 0.460 e. The molecule has 0 nitrogen and oxygen atoms in total. The minimum absolute atomic E-state index is 0.0669. The fourth-order valence-electron chi connectivity index (χ4n) is 5.44. The summed E-state index contributed by atoms with van der Waals surface area (Å²) in [7, 11) is 0. The molecule has 0 saturated heterocycles. The predicted octanol–water partition coefficient (Wildman–Crippen LogP) is 12.3. The molecule has 268 valence electrons. The summed E-state index contributed by atoms with van der Waals surface area (Å²) >= 11 is 0. The minimum atomic E-state index is -8.63. The zero-order valence-corrected chi connectivity index (χ0v) is 24.4. The van der Waals surface area contributed by atoms with E-state index in [1.165, 1.54) is 12.8 Å². The van der Waals surface area contributed by atoms with E-state index in [2.05, 4.69) is 6.92 Å². The van der Waals surface area contributed by atoms with Gasteiger partial charge in [0.2, 0.25) is 0 Å². The Bertz CT molecular complexity index is 1100. The molecule has 46 heavy (non-hydrogen) atoms. The molecular formula is C29H33F17. The molecule has 0 spiro atoms. The van der Waals surface area contributed by atoms with Crippen LogP contribution in [0.5, 0.6) is 0 Å². The lowest BCUT2D eigenvalue weighted by atomic mass is 9.77. The van der Waals surface area contributed by atoms with E-state index in [1.54, 1.807) is 0 Å². The lowest BCUT2D eigenvalue weighted by molar-refractivity contribution is -0.462. The Balaban J connectivity index is 2.15. The second-order valence-electron chi connectivity index (χ2n) is 11.8. The Labute approximate surface area is 254 Å². The Morgan fingerprint density at radius 3 is 1.30 bits per heavy atom. The van der Waals surface area contributed by atoms with Gasteiger partial charge in [0.05, 0.1) is 0 Å². The molecule has 0 atom stereocenters. The Morgan fingerprint density at radius 1 is 0.478 bits per heavy atom. The van der Waals surface area contributed by atoms with Crippen LogP contribution in [0.1, 0.15) is 88.7 Å². The van der Waals surface area contributed by atoms with Crippen molar-refractivity contribution < 1.29 is 74.6 Å². The quantitative estimate of drug-likeness (QED) is 0.119. The molecule has 1 aromatic carbocycles. The molecular weight excluding hydrogens is 671 g/mol. The summed E-state index contributed by atoms with van der Waals surface area (Å²) in [6.07, 6.45) is 3.46. The number of rotatable bonds is 16. The van der Waals surface area contributed by atoms with Gasteiger partial charge in [0, 0.05) is 5.56 Å². The highest BCUT2D eigenvalue weighted by atomic mass is 19.4. The summed E-state index contributed by atoms with van der Waals surface area (Å²) in [6.45, 7) is 2.11. The second kappa shape index (κ2) is 13.9. The lowest BCUT2D eigenvalue weighted by Crippen LogP contribution is -2.74. The number of alkyl halides is 17. The van der Waals surface area contributed by atoms with Crippen LogP contribution in [0.4, 0.5) is 74.6 Å². The smallest absolute Gasteiger partial charge is 0.194 e. The third-order valence-corrected chi connectivity index (χ3v) is 8.56. The SMILES string of the molecule is CCCCCCC[C@H]1CC[C@H](CCc2ccc(C(F)(F)C(F)(F)C(F)(F)C(F)(F)C(F)(F)C(F)(F)C(F)(F)C(F)(F)F)cc2)CC1. The number of hydrogen-bond acceptors (Lipinski definition) is 0. The number of benzene rings is 1. The molecule has 2 rings (SSSR count). The first kappa shape index (κ1) is 40.2. The summed E-state index contributed by atoms with van der Waals surface area (Å²) in [6, 6.07) is 1.59. The Hall–Kier alpha value is -1.97. The normalized spacial score (nSPS) is 19.9. The van der Waals surface area contributed by atoms with Crippen molar-refractivity contribution in [3.05, 3.63) is 35.4 Å². The molecule has 1 fully saturated rings. The van der Waals surface area contributed by atoms with E-state index in [0.717, 1.165) is 63.5 Å². The van der Waals surface area contributed by atoms with Crippen LogP contribution >= 0.6 is 0 Å². The fourth-order valence-corrected chi connectivity index (χ4v) is 5.44. The maximum atomic E-state index is 14.5. The molecule has 0 heterocycles. The van der Waals surface area contributed by atoms with Crippen molar-refractivity contribution in [3.63, 3.8) is 0 Å². The molecule has 0 aromatic heterocycles. The van der Waals surface area contributed by atoms with Crippen LogP contribution in [0, 0.1) is 11.8 Å². The molecule has 17 heteroatoms. The van der Waals surface area contributed by atoms with Gasteiger partial charge in [-0.25, -0.2) is 0 Å². The lowest BCUT2D eigenvalue weighted by Gasteiger charge is -2.42. The fraction of sp³-hybridized carbons (Fsp3) is 0.793. The molecule has 1 aliphatic rings. The molecule has 0 amide bonds. The summed E-state index contributed by atoms with van der Waals surface area (Å²) in [4.78, 5) is 0. The second-order valence-corrected chi connectivity index (χ2v) is 11.8. The molecule has 1 aromatic rings. The Morgan fingerprint density at radius 2 is 0.870 bits per heavy atom. The van der Waals surface area contributed by atoms with Crippen LogP contribution < -0.4 is 0 Å². The summed E-state index contributed by atoms with van der Waals surface area (Å²) in [5.74, 6) is -55.6. The van der Waals surface area contributed by atoms with Crippen LogP contribution in [0.15, 0.2) is 24.3 Å². The van der Waals surface area contributed by atoms with Gasteiger partial charge >= 0.3 is 47.6 Å². The first-order valence-electron chi connectivity index (χ1n) is 14.5. The molecule has 0 bridgehead atoms. The zero-order valence-electron chi connectivity index (χ0n) is 24.4. The number of hydrogen-bond donors (Lipinski definition) is 0. The topological polar surface area (TPSA) is 0 Å². The van der Waals surface area contributed by atoms with Crippen molar-refractivity contribution in [2.45, 2.75) is 132 Å². The van der Waals surface area contributed by atoms with E-state index in [9.17, 15) is 74.6 Å². The average molecular weight is 705 g/mol. The van der Waals surface area contributed by atoms with Crippen molar-refractivity contribution in [2.24, 2.45) is 11.8 Å². The van der Waals surface area contributed by atoms with E-state index in [0.29, 0.717) is 12.3 Å². The summed E-state index contributed by atoms with van der Waals surface area (Å²) in [5.41, 5.74) is -1.97. The molecule has 0 aliphatic heterocycles. The van der Waals surface area contributed by atoms with E-state index >= 15 is 0 Å². The minimum Gasteiger partial charge on any atom is -0.194 e. The van der Waals surface area contributed by atoms with E-state index in [-0.39, 0.29) is 30.0 Å². The molecule has 1 saturated carbocycles. The van der Waals surface area contributed by atoms with Crippen molar-refractivity contribution in [1.29, 1.82) is 0 Å². The van der Waals surface area contributed by atoms with Crippen LogP contribution in [0.2, 0.25) is 0 Å². The summed E-state index contributed by atoms with van der Waals surface area (Å²) < 4.78 is 230. The van der Waals surface area contributed by atoms with Gasteiger partial charge in [-0.1, -0.05) is 95.4 Å². The first-order valence-corrected chi connectivity index (χ1v) is 14.5. The van der Waals surface area contributed by atoms with Gasteiger partial charge in [0.1, 0.15) is 0 Å². The van der Waals surface area contributed by atoms with Crippen molar-refractivity contribution in [1.82, 2.24) is 0 Å². The highest BCUT2D eigenvalue weighted by Gasteiger charge is 2.95. The van der Waals surface area contributed by atoms with E-state index in [4.69, 9.17) is 0 Å². The van der Waals surface area contributed by atoms with Gasteiger partial charge in [0.15, 0.2) is 0 Å². The van der Waals surface area contributed by atoms with Gasteiger partial charge in [-0.05, 0) is 30.2 Å². The third kappa shape index (κ3) is 7.21. The first-order chi connectivity index (χ1) is 20.7. The number of aryl methyl sites for hydroxylation is 1. The van der Waals surface area contributed by atoms with Gasteiger partial charge in [0.25, 0.3) is 0 Å².